The van der Waals surface area contributed by atoms with Crippen molar-refractivity contribution in [1.82, 2.24) is 5.32 Å². The van der Waals surface area contributed by atoms with Gasteiger partial charge in [-0.05, 0) is 57.9 Å². The van der Waals surface area contributed by atoms with E-state index >= 15 is 0 Å². The normalized spacial score (nSPS) is 40.8. The Morgan fingerprint density at radius 1 is 1.17 bits per heavy atom. The summed E-state index contributed by atoms with van der Waals surface area (Å²) in [7, 11) is 2.10. The summed E-state index contributed by atoms with van der Waals surface area (Å²) in [6.07, 6.45) is 6.02. The lowest BCUT2D eigenvalue weighted by molar-refractivity contribution is 0.187. The van der Waals surface area contributed by atoms with Crippen molar-refractivity contribution >= 4 is 0 Å². The van der Waals surface area contributed by atoms with Crippen molar-refractivity contribution in [1.29, 1.82) is 0 Å². The summed E-state index contributed by atoms with van der Waals surface area (Å²) in [5, 5.41) is 3.47. The lowest BCUT2D eigenvalue weighted by Crippen LogP contribution is -2.45. The van der Waals surface area contributed by atoms with Crippen molar-refractivity contribution in [3.63, 3.8) is 0 Å². The Balaban J connectivity index is 2.06. The molecule has 2 saturated carbocycles. The molecule has 1 N–H and O–H groups in total. The SMILES string of the molecule is CNC(C)(C)C1CC2CCC1C2. The molecule has 3 atom stereocenters. The highest BCUT2D eigenvalue weighted by molar-refractivity contribution is 4.99. The first-order chi connectivity index (χ1) is 5.63. The first-order valence-corrected chi connectivity index (χ1v) is 5.32. The third kappa shape index (κ3) is 1.19. The smallest absolute Gasteiger partial charge is 0.0153 e. The minimum atomic E-state index is 0.375. The van der Waals surface area contributed by atoms with Gasteiger partial charge in [0.25, 0.3) is 0 Å². The van der Waals surface area contributed by atoms with E-state index in [9.17, 15) is 0 Å². The Hall–Kier alpha value is -0.0400. The van der Waals surface area contributed by atoms with Gasteiger partial charge in [-0.2, -0.15) is 0 Å². The molecular weight excluding hydrogens is 146 g/mol. The third-order valence-corrected chi connectivity index (χ3v) is 4.31. The van der Waals surface area contributed by atoms with E-state index < -0.39 is 0 Å². The summed E-state index contributed by atoms with van der Waals surface area (Å²) in [4.78, 5) is 0. The lowest BCUT2D eigenvalue weighted by atomic mass is 9.76. The molecular formula is C11H21N. The van der Waals surface area contributed by atoms with Crippen LogP contribution < -0.4 is 5.32 Å². The van der Waals surface area contributed by atoms with E-state index in [1.807, 2.05) is 0 Å². The molecule has 0 aliphatic heterocycles. The van der Waals surface area contributed by atoms with E-state index in [-0.39, 0.29) is 0 Å². The van der Waals surface area contributed by atoms with Gasteiger partial charge in [-0.25, -0.2) is 0 Å². The van der Waals surface area contributed by atoms with Gasteiger partial charge in [0, 0.05) is 5.54 Å². The van der Waals surface area contributed by atoms with Gasteiger partial charge in [-0.3, -0.25) is 0 Å². The monoisotopic (exact) mass is 167 g/mol. The van der Waals surface area contributed by atoms with E-state index in [4.69, 9.17) is 0 Å². The molecule has 0 heterocycles. The fraction of sp³-hybridized carbons (Fsp3) is 1.00. The highest BCUT2D eigenvalue weighted by Gasteiger charge is 2.45. The Morgan fingerprint density at radius 2 is 1.92 bits per heavy atom. The molecule has 0 amide bonds. The summed E-state index contributed by atoms with van der Waals surface area (Å²) < 4.78 is 0. The Bertz CT molecular complexity index is 174. The van der Waals surface area contributed by atoms with E-state index in [0.717, 1.165) is 17.8 Å². The predicted octanol–water partition coefficient (Wildman–Crippen LogP) is 2.42. The minimum Gasteiger partial charge on any atom is -0.315 e. The minimum absolute atomic E-state index is 0.375. The van der Waals surface area contributed by atoms with Gasteiger partial charge in [0.15, 0.2) is 0 Å². The van der Waals surface area contributed by atoms with Crippen LogP contribution in [0.3, 0.4) is 0 Å². The van der Waals surface area contributed by atoms with Gasteiger partial charge in [-0.15, -0.1) is 0 Å². The van der Waals surface area contributed by atoms with Crippen LogP contribution in [0.4, 0.5) is 0 Å². The average molecular weight is 167 g/mol. The molecule has 70 valence electrons. The fourth-order valence-corrected chi connectivity index (χ4v) is 3.31. The number of nitrogens with one attached hydrogen (secondary N) is 1. The van der Waals surface area contributed by atoms with E-state index in [1.165, 1.54) is 25.7 Å². The summed E-state index contributed by atoms with van der Waals surface area (Å²) in [5.74, 6) is 3.06. The van der Waals surface area contributed by atoms with Gasteiger partial charge in [-0.1, -0.05) is 6.42 Å². The second kappa shape index (κ2) is 2.73. The van der Waals surface area contributed by atoms with E-state index in [1.54, 1.807) is 0 Å². The van der Waals surface area contributed by atoms with Crippen LogP contribution >= 0.6 is 0 Å². The number of fused-ring (bicyclic) bond motifs is 2. The van der Waals surface area contributed by atoms with Crippen molar-refractivity contribution in [3.8, 4) is 0 Å². The van der Waals surface area contributed by atoms with Crippen LogP contribution in [-0.4, -0.2) is 12.6 Å². The zero-order chi connectivity index (χ0) is 8.77. The van der Waals surface area contributed by atoms with Gasteiger partial charge < -0.3 is 5.32 Å². The zero-order valence-electron chi connectivity index (χ0n) is 8.56. The fourth-order valence-electron chi connectivity index (χ4n) is 3.31. The van der Waals surface area contributed by atoms with Crippen molar-refractivity contribution < 1.29 is 0 Å². The molecule has 2 rings (SSSR count). The maximum Gasteiger partial charge on any atom is 0.0153 e. The largest absolute Gasteiger partial charge is 0.315 e. The van der Waals surface area contributed by atoms with E-state index in [0.29, 0.717) is 5.54 Å². The summed E-state index contributed by atoms with van der Waals surface area (Å²) in [5.41, 5.74) is 0.375. The highest BCUT2D eigenvalue weighted by atomic mass is 14.9. The Morgan fingerprint density at radius 3 is 2.33 bits per heavy atom. The first-order valence-electron chi connectivity index (χ1n) is 5.32. The maximum atomic E-state index is 3.47. The predicted molar refractivity (Wildman–Crippen MR) is 52.1 cm³/mol. The quantitative estimate of drug-likeness (QED) is 0.666. The summed E-state index contributed by atoms with van der Waals surface area (Å²) in [6.45, 7) is 4.72. The summed E-state index contributed by atoms with van der Waals surface area (Å²) >= 11 is 0. The van der Waals surface area contributed by atoms with Crippen LogP contribution in [0.25, 0.3) is 0 Å². The zero-order valence-corrected chi connectivity index (χ0v) is 8.56. The molecule has 0 spiro atoms. The van der Waals surface area contributed by atoms with Crippen LogP contribution in [0, 0.1) is 17.8 Å². The molecule has 0 radical (unpaired) electrons. The maximum absolute atomic E-state index is 3.47. The molecule has 2 bridgehead atoms. The number of hydrogen-bond acceptors (Lipinski definition) is 1. The van der Waals surface area contributed by atoms with Crippen molar-refractivity contribution in [2.24, 2.45) is 17.8 Å². The highest BCUT2D eigenvalue weighted by Crippen LogP contribution is 2.51. The van der Waals surface area contributed by atoms with Crippen molar-refractivity contribution in [2.45, 2.75) is 45.1 Å². The summed E-state index contributed by atoms with van der Waals surface area (Å²) in [6, 6.07) is 0. The molecule has 0 aromatic rings. The number of hydrogen-bond donors (Lipinski definition) is 1. The van der Waals surface area contributed by atoms with Crippen LogP contribution in [0.15, 0.2) is 0 Å². The first kappa shape index (κ1) is 8.55. The van der Waals surface area contributed by atoms with Crippen LogP contribution in [0.5, 0.6) is 0 Å². The lowest BCUT2D eigenvalue weighted by Gasteiger charge is -2.37. The van der Waals surface area contributed by atoms with Gasteiger partial charge in [0.1, 0.15) is 0 Å². The van der Waals surface area contributed by atoms with Gasteiger partial charge in [0.05, 0.1) is 0 Å². The topological polar surface area (TPSA) is 12.0 Å². The van der Waals surface area contributed by atoms with Crippen molar-refractivity contribution in [2.75, 3.05) is 7.05 Å². The molecule has 3 unspecified atom stereocenters. The van der Waals surface area contributed by atoms with Crippen LogP contribution in [0.2, 0.25) is 0 Å². The molecule has 2 fully saturated rings. The van der Waals surface area contributed by atoms with Gasteiger partial charge >= 0.3 is 0 Å². The average Bonchev–Trinajstić information content (AvgIpc) is 2.64. The molecule has 0 aromatic heterocycles. The molecule has 0 saturated heterocycles. The third-order valence-electron chi connectivity index (χ3n) is 4.31. The van der Waals surface area contributed by atoms with Crippen molar-refractivity contribution in [3.05, 3.63) is 0 Å². The Kier molecular flexibility index (Phi) is 1.95. The molecule has 2 aliphatic rings. The molecule has 2 aliphatic carbocycles. The van der Waals surface area contributed by atoms with E-state index in [2.05, 4.69) is 26.2 Å². The molecule has 1 heteroatoms. The second-order valence-electron chi connectivity index (χ2n) is 5.25. The Labute approximate surface area is 75.9 Å². The van der Waals surface area contributed by atoms with Crippen LogP contribution in [0.1, 0.15) is 39.5 Å². The standard InChI is InChI=1S/C11H21N/c1-11(2,12-3)10-7-8-4-5-9(10)6-8/h8-10,12H,4-7H2,1-3H3. The second-order valence-corrected chi connectivity index (χ2v) is 5.25. The van der Waals surface area contributed by atoms with Crippen LogP contribution in [-0.2, 0) is 0 Å². The van der Waals surface area contributed by atoms with Gasteiger partial charge in [0.2, 0.25) is 0 Å². The number of rotatable bonds is 2. The molecule has 1 nitrogen and oxygen atoms in total. The molecule has 12 heavy (non-hydrogen) atoms. The molecule has 0 aromatic carbocycles.